The Hall–Kier alpha value is -1.68. The molecular weight excluding hydrogens is 250 g/mol. The molecule has 3 rings (SSSR count). The van der Waals surface area contributed by atoms with Gasteiger partial charge in [-0.1, -0.05) is 31.2 Å². The summed E-state index contributed by atoms with van der Waals surface area (Å²) < 4.78 is 5.82. The molecule has 0 atom stereocenters. The molecule has 0 bridgehead atoms. The van der Waals surface area contributed by atoms with Gasteiger partial charge in [0.1, 0.15) is 0 Å². The highest BCUT2D eigenvalue weighted by molar-refractivity contribution is 5.34. The smallest absolute Gasteiger partial charge is 0.220 e. The van der Waals surface area contributed by atoms with Crippen LogP contribution in [0.25, 0.3) is 0 Å². The second kappa shape index (κ2) is 6.18. The molecule has 0 radical (unpaired) electrons. The minimum atomic E-state index is 0.359. The Kier molecular flexibility index (Phi) is 4.11. The molecule has 1 aromatic heterocycles. The fourth-order valence-electron chi connectivity index (χ4n) is 2.76. The van der Waals surface area contributed by atoms with Crippen LogP contribution in [0.4, 0.5) is 0 Å². The van der Waals surface area contributed by atoms with Crippen LogP contribution in [0.1, 0.15) is 42.2 Å². The lowest BCUT2D eigenvalue weighted by molar-refractivity contribution is 0.415. The number of hydrogen-bond donors (Lipinski definition) is 1. The van der Waals surface area contributed by atoms with Gasteiger partial charge in [0.2, 0.25) is 11.8 Å². The van der Waals surface area contributed by atoms with Gasteiger partial charge in [-0.3, -0.25) is 0 Å². The van der Waals surface area contributed by atoms with Crippen LogP contribution < -0.4 is 5.32 Å². The summed E-state index contributed by atoms with van der Waals surface area (Å²) in [6.07, 6.45) is 4.00. The van der Waals surface area contributed by atoms with Crippen molar-refractivity contribution in [2.45, 2.75) is 38.5 Å². The molecule has 20 heavy (non-hydrogen) atoms. The Labute approximate surface area is 119 Å². The van der Waals surface area contributed by atoms with E-state index in [1.165, 1.54) is 11.1 Å². The Morgan fingerprint density at radius 3 is 2.60 bits per heavy atom. The normalized spacial score (nSPS) is 14.7. The highest BCUT2D eigenvalue weighted by atomic mass is 16.4. The number of benzene rings is 1. The first-order valence-corrected chi connectivity index (χ1v) is 7.46. The van der Waals surface area contributed by atoms with Gasteiger partial charge in [0.05, 0.1) is 0 Å². The van der Waals surface area contributed by atoms with E-state index in [-0.39, 0.29) is 0 Å². The van der Waals surface area contributed by atoms with Crippen LogP contribution in [0.5, 0.6) is 0 Å². The maximum Gasteiger partial charge on any atom is 0.220 e. The van der Waals surface area contributed by atoms with Crippen molar-refractivity contribution < 1.29 is 4.42 Å². The summed E-state index contributed by atoms with van der Waals surface area (Å²) in [5.74, 6) is 1.91. The predicted molar refractivity (Wildman–Crippen MR) is 77.8 cm³/mol. The number of rotatable bonds is 6. The molecular formula is C16H21N3O. The van der Waals surface area contributed by atoms with Gasteiger partial charge in [0.25, 0.3) is 0 Å². The van der Waals surface area contributed by atoms with E-state index in [2.05, 4.69) is 46.7 Å². The van der Waals surface area contributed by atoms with E-state index in [0.29, 0.717) is 5.92 Å². The van der Waals surface area contributed by atoms with E-state index in [9.17, 15) is 0 Å². The molecule has 1 heterocycles. The maximum absolute atomic E-state index is 5.82. The molecule has 4 nitrogen and oxygen atoms in total. The molecule has 0 amide bonds. The lowest BCUT2D eigenvalue weighted by Crippen LogP contribution is -2.17. The second-order valence-corrected chi connectivity index (χ2v) is 5.41. The van der Waals surface area contributed by atoms with Gasteiger partial charge in [0, 0.05) is 18.9 Å². The molecule has 0 saturated heterocycles. The van der Waals surface area contributed by atoms with Crippen molar-refractivity contribution in [2.24, 2.45) is 0 Å². The zero-order valence-electron chi connectivity index (χ0n) is 11.9. The molecule has 0 aliphatic heterocycles. The highest BCUT2D eigenvalue weighted by Crippen LogP contribution is 2.32. The number of nitrogens with zero attached hydrogens (tertiary/aromatic N) is 2. The summed E-state index contributed by atoms with van der Waals surface area (Å²) in [7, 11) is 0. The van der Waals surface area contributed by atoms with E-state index in [1.807, 2.05) is 0 Å². The van der Waals surface area contributed by atoms with E-state index < -0.39 is 0 Å². The zero-order chi connectivity index (χ0) is 13.8. The fraction of sp³-hybridized carbons (Fsp3) is 0.500. The van der Waals surface area contributed by atoms with E-state index in [1.54, 1.807) is 0 Å². The molecule has 1 aliphatic rings. The Morgan fingerprint density at radius 1 is 1.15 bits per heavy atom. The van der Waals surface area contributed by atoms with Crippen molar-refractivity contribution in [1.82, 2.24) is 15.5 Å². The molecule has 4 heteroatoms. The topological polar surface area (TPSA) is 51.0 Å². The Morgan fingerprint density at radius 2 is 1.90 bits per heavy atom. The SMILES string of the molecule is CCCNCCc1nnc(C2Cc3ccccc3C2)o1. The minimum absolute atomic E-state index is 0.359. The molecule has 1 aromatic carbocycles. The quantitative estimate of drug-likeness (QED) is 0.820. The minimum Gasteiger partial charge on any atom is -0.425 e. The van der Waals surface area contributed by atoms with Gasteiger partial charge in [-0.25, -0.2) is 0 Å². The van der Waals surface area contributed by atoms with Gasteiger partial charge >= 0.3 is 0 Å². The monoisotopic (exact) mass is 271 g/mol. The van der Waals surface area contributed by atoms with Crippen LogP contribution in [0, 0.1) is 0 Å². The van der Waals surface area contributed by atoms with E-state index in [4.69, 9.17) is 4.42 Å². The summed E-state index contributed by atoms with van der Waals surface area (Å²) in [4.78, 5) is 0. The first-order chi connectivity index (χ1) is 9.86. The lowest BCUT2D eigenvalue weighted by Gasteiger charge is -2.02. The second-order valence-electron chi connectivity index (χ2n) is 5.41. The lowest BCUT2D eigenvalue weighted by atomic mass is 10.1. The molecule has 1 aliphatic carbocycles. The number of fused-ring (bicyclic) bond motifs is 1. The summed E-state index contributed by atoms with van der Waals surface area (Å²) in [6.45, 7) is 4.11. The van der Waals surface area contributed by atoms with Crippen LogP contribution in [-0.2, 0) is 19.3 Å². The van der Waals surface area contributed by atoms with Crippen molar-refractivity contribution in [3.05, 3.63) is 47.2 Å². The van der Waals surface area contributed by atoms with E-state index in [0.717, 1.165) is 50.6 Å². The largest absolute Gasteiger partial charge is 0.425 e. The number of hydrogen-bond acceptors (Lipinski definition) is 4. The van der Waals surface area contributed by atoms with Gasteiger partial charge in [-0.05, 0) is 36.9 Å². The molecule has 106 valence electrons. The average Bonchev–Trinajstić information content (AvgIpc) is 3.09. The van der Waals surface area contributed by atoms with Crippen LogP contribution in [-0.4, -0.2) is 23.3 Å². The summed E-state index contributed by atoms with van der Waals surface area (Å²) >= 11 is 0. The first kappa shape index (κ1) is 13.3. The van der Waals surface area contributed by atoms with Crippen LogP contribution in [0.15, 0.2) is 28.7 Å². The van der Waals surface area contributed by atoms with Crippen molar-refractivity contribution in [1.29, 1.82) is 0 Å². The van der Waals surface area contributed by atoms with Crippen molar-refractivity contribution in [3.63, 3.8) is 0 Å². The summed E-state index contributed by atoms with van der Waals surface area (Å²) in [6, 6.07) is 8.59. The first-order valence-electron chi connectivity index (χ1n) is 7.46. The molecule has 0 fully saturated rings. The van der Waals surface area contributed by atoms with E-state index >= 15 is 0 Å². The molecule has 0 unspecified atom stereocenters. The Balaban J connectivity index is 1.58. The highest BCUT2D eigenvalue weighted by Gasteiger charge is 2.26. The van der Waals surface area contributed by atoms with Crippen LogP contribution >= 0.6 is 0 Å². The van der Waals surface area contributed by atoms with Gasteiger partial charge in [-0.2, -0.15) is 0 Å². The Bertz CT molecular complexity index is 539. The van der Waals surface area contributed by atoms with Crippen molar-refractivity contribution in [2.75, 3.05) is 13.1 Å². The van der Waals surface area contributed by atoms with Gasteiger partial charge in [0.15, 0.2) is 0 Å². The maximum atomic E-state index is 5.82. The molecule has 1 N–H and O–H groups in total. The summed E-state index contributed by atoms with van der Waals surface area (Å²) in [5.41, 5.74) is 2.84. The van der Waals surface area contributed by atoms with Gasteiger partial charge < -0.3 is 9.73 Å². The number of aromatic nitrogens is 2. The third-order valence-corrected chi connectivity index (χ3v) is 3.83. The van der Waals surface area contributed by atoms with Gasteiger partial charge in [-0.15, -0.1) is 10.2 Å². The third kappa shape index (κ3) is 2.90. The summed E-state index contributed by atoms with van der Waals surface area (Å²) in [5, 5.41) is 11.7. The fourth-order valence-corrected chi connectivity index (χ4v) is 2.76. The van der Waals surface area contributed by atoms with Crippen molar-refractivity contribution in [3.8, 4) is 0 Å². The standard InChI is InChI=1S/C16H21N3O/c1-2-8-17-9-7-15-18-19-16(20-15)14-10-12-5-3-4-6-13(12)11-14/h3-6,14,17H,2,7-11H2,1H3. The number of nitrogens with one attached hydrogen (secondary N) is 1. The molecule has 0 spiro atoms. The van der Waals surface area contributed by atoms with Crippen molar-refractivity contribution >= 4 is 0 Å². The molecule has 2 aromatic rings. The predicted octanol–water partition coefficient (Wildman–Crippen LogP) is 2.49. The zero-order valence-corrected chi connectivity index (χ0v) is 11.9. The third-order valence-electron chi connectivity index (χ3n) is 3.83. The average molecular weight is 271 g/mol. The van der Waals surface area contributed by atoms with Crippen LogP contribution in [0.3, 0.4) is 0 Å². The van der Waals surface area contributed by atoms with Crippen LogP contribution in [0.2, 0.25) is 0 Å². The molecule has 0 saturated carbocycles.